The van der Waals surface area contributed by atoms with Gasteiger partial charge in [-0.3, -0.25) is 0 Å². The molecule has 1 saturated carbocycles. The highest BCUT2D eigenvalue weighted by Gasteiger charge is 2.34. The van der Waals surface area contributed by atoms with Crippen LogP contribution in [-0.2, 0) is 9.53 Å². The maximum absolute atomic E-state index is 11.4. The summed E-state index contributed by atoms with van der Waals surface area (Å²) in [7, 11) is 0. The van der Waals surface area contributed by atoms with Crippen molar-refractivity contribution in [2.24, 2.45) is 17.1 Å². The first kappa shape index (κ1) is 13.5. The van der Waals surface area contributed by atoms with Crippen molar-refractivity contribution in [3.05, 3.63) is 0 Å². The second kappa shape index (κ2) is 5.15. The SMILES string of the molecule is CC1CC(OC(=O)[C@@H](O)CN)CC(C)(C)C1. The number of nitrogens with two attached hydrogens (primary N) is 1. The molecule has 0 spiro atoms. The molecule has 1 aliphatic carbocycles. The van der Waals surface area contributed by atoms with Gasteiger partial charge in [-0.05, 0) is 30.6 Å². The summed E-state index contributed by atoms with van der Waals surface area (Å²) in [5.74, 6) is -0.0334. The normalized spacial score (nSPS) is 30.8. The Labute approximate surface area is 97.2 Å². The minimum atomic E-state index is -1.18. The Morgan fingerprint density at radius 3 is 2.69 bits per heavy atom. The van der Waals surface area contributed by atoms with Crippen molar-refractivity contribution in [3.63, 3.8) is 0 Å². The molecule has 1 fully saturated rings. The van der Waals surface area contributed by atoms with Gasteiger partial charge in [0, 0.05) is 6.54 Å². The summed E-state index contributed by atoms with van der Waals surface area (Å²) in [4.78, 5) is 11.4. The van der Waals surface area contributed by atoms with E-state index in [1.165, 1.54) is 0 Å². The number of hydrogen-bond acceptors (Lipinski definition) is 4. The molecule has 0 saturated heterocycles. The molecule has 16 heavy (non-hydrogen) atoms. The zero-order chi connectivity index (χ0) is 12.3. The lowest BCUT2D eigenvalue weighted by molar-refractivity contribution is -0.162. The maximum Gasteiger partial charge on any atom is 0.336 e. The Balaban J connectivity index is 2.51. The monoisotopic (exact) mass is 229 g/mol. The van der Waals surface area contributed by atoms with Gasteiger partial charge in [-0.2, -0.15) is 0 Å². The Kier molecular flexibility index (Phi) is 4.33. The van der Waals surface area contributed by atoms with E-state index >= 15 is 0 Å². The van der Waals surface area contributed by atoms with Crippen molar-refractivity contribution in [3.8, 4) is 0 Å². The number of hydrogen-bond donors (Lipinski definition) is 2. The predicted molar refractivity (Wildman–Crippen MR) is 61.7 cm³/mol. The molecule has 1 aliphatic rings. The van der Waals surface area contributed by atoms with Crippen molar-refractivity contribution in [1.82, 2.24) is 0 Å². The van der Waals surface area contributed by atoms with Crippen LogP contribution in [0.3, 0.4) is 0 Å². The van der Waals surface area contributed by atoms with Crippen LogP contribution in [0, 0.1) is 11.3 Å². The van der Waals surface area contributed by atoms with Crippen molar-refractivity contribution in [1.29, 1.82) is 0 Å². The quantitative estimate of drug-likeness (QED) is 0.710. The van der Waals surface area contributed by atoms with Gasteiger partial charge in [-0.25, -0.2) is 4.79 Å². The van der Waals surface area contributed by atoms with E-state index in [1.807, 2.05) is 0 Å². The van der Waals surface area contributed by atoms with E-state index in [-0.39, 0.29) is 18.1 Å². The smallest absolute Gasteiger partial charge is 0.336 e. The van der Waals surface area contributed by atoms with E-state index in [4.69, 9.17) is 10.5 Å². The number of carbonyl (C=O) groups is 1. The van der Waals surface area contributed by atoms with Crippen LogP contribution in [-0.4, -0.2) is 29.8 Å². The largest absolute Gasteiger partial charge is 0.460 e. The highest BCUT2D eigenvalue weighted by Crippen LogP contribution is 2.39. The number of ether oxygens (including phenoxy) is 1. The van der Waals surface area contributed by atoms with Crippen LogP contribution in [0.1, 0.15) is 40.0 Å². The van der Waals surface area contributed by atoms with Gasteiger partial charge in [0.1, 0.15) is 6.10 Å². The van der Waals surface area contributed by atoms with Crippen LogP contribution in [0.4, 0.5) is 0 Å². The highest BCUT2D eigenvalue weighted by atomic mass is 16.6. The lowest BCUT2D eigenvalue weighted by Gasteiger charge is -2.38. The summed E-state index contributed by atoms with van der Waals surface area (Å²) in [5.41, 5.74) is 5.41. The molecule has 0 amide bonds. The van der Waals surface area contributed by atoms with E-state index < -0.39 is 12.1 Å². The lowest BCUT2D eigenvalue weighted by atomic mass is 9.71. The minimum Gasteiger partial charge on any atom is -0.460 e. The molecule has 0 aromatic rings. The van der Waals surface area contributed by atoms with E-state index in [0.29, 0.717) is 5.92 Å². The average Bonchev–Trinajstić information content (AvgIpc) is 2.12. The number of carbonyl (C=O) groups excluding carboxylic acids is 1. The second-order valence-electron chi connectivity index (χ2n) is 5.72. The minimum absolute atomic E-state index is 0.0764. The molecule has 0 aromatic heterocycles. The van der Waals surface area contributed by atoms with Gasteiger partial charge in [-0.15, -0.1) is 0 Å². The fraction of sp³-hybridized carbons (Fsp3) is 0.917. The molecule has 94 valence electrons. The molecule has 0 heterocycles. The molecule has 0 aliphatic heterocycles. The van der Waals surface area contributed by atoms with Crippen LogP contribution in [0.15, 0.2) is 0 Å². The summed E-state index contributed by atoms with van der Waals surface area (Å²) in [6.45, 7) is 6.46. The molecule has 0 bridgehead atoms. The Morgan fingerprint density at radius 2 is 2.19 bits per heavy atom. The van der Waals surface area contributed by atoms with Crippen molar-refractivity contribution >= 4 is 5.97 Å². The molecular formula is C12H23NO3. The van der Waals surface area contributed by atoms with E-state index in [2.05, 4.69) is 20.8 Å². The third kappa shape index (κ3) is 3.76. The van der Waals surface area contributed by atoms with E-state index in [1.54, 1.807) is 0 Å². The van der Waals surface area contributed by atoms with E-state index in [0.717, 1.165) is 19.3 Å². The molecule has 3 N–H and O–H groups in total. The van der Waals surface area contributed by atoms with Crippen molar-refractivity contribution < 1.29 is 14.6 Å². The summed E-state index contributed by atoms with van der Waals surface area (Å²) >= 11 is 0. The standard InChI is InChI=1S/C12H23NO3/c1-8-4-9(6-12(2,3)5-8)16-11(15)10(14)7-13/h8-10,14H,4-7,13H2,1-3H3/t8?,9?,10-/m0/s1. The van der Waals surface area contributed by atoms with Gasteiger partial charge in [0.25, 0.3) is 0 Å². The number of esters is 1. The fourth-order valence-corrected chi connectivity index (χ4v) is 2.69. The average molecular weight is 229 g/mol. The molecular weight excluding hydrogens is 206 g/mol. The zero-order valence-electron chi connectivity index (χ0n) is 10.4. The van der Waals surface area contributed by atoms with Gasteiger partial charge in [0.2, 0.25) is 0 Å². The van der Waals surface area contributed by atoms with Crippen LogP contribution in [0.2, 0.25) is 0 Å². The molecule has 0 aromatic carbocycles. The number of rotatable bonds is 3. The van der Waals surface area contributed by atoms with Gasteiger partial charge >= 0.3 is 5.97 Å². The van der Waals surface area contributed by atoms with Crippen LogP contribution in [0.5, 0.6) is 0 Å². The van der Waals surface area contributed by atoms with Gasteiger partial charge < -0.3 is 15.6 Å². The molecule has 1 rings (SSSR count). The Bertz CT molecular complexity index is 253. The van der Waals surface area contributed by atoms with Crippen molar-refractivity contribution in [2.75, 3.05) is 6.54 Å². The summed E-state index contributed by atoms with van der Waals surface area (Å²) in [5, 5.41) is 9.25. The first-order valence-corrected chi connectivity index (χ1v) is 5.92. The van der Waals surface area contributed by atoms with E-state index in [9.17, 15) is 9.90 Å². The van der Waals surface area contributed by atoms with Crippen LogP contribution < -0.4 is 5.73 Å². The van der Waals surface area contributed by atoms with Gasteiger partial charge in [0.15, 0.2) is 6.10 Å². The molecule has 4 nitrogen and oxygen atoms in total. The third-order valence-electron chi connectivity index (χ3n) is 3.12. The van der Waals surface area contributed by atoms with Crippen LogP contribution in [0.25, 0.3) is 0 Å². The summed E-state index contributed by atoms with van der Waals surface area (Å²) in [6.07, 6.45) is 1.64. The summed E-state index contributed by atoms with van der Waals surface area (Å²) < 4.78 is 5.28. The summed E-state index contributed by atoms with van der Waals surface area (Å²) in [6, 6.07) is 0. The van der Waals surface area contributed by atoms with Crippen molar-refractivity contribution in [2.45, 2.75) is 52.2 Å². The number of aliphatic hydroxyl groups is 1. The Hall–Kier alpha value is -0.610. The van der Waals surface area contributed by atoms with Gasteiger partial charge in [0.05, 0.1) is 0 Å². The predicted octanol–water partition coefficient (Wildman–Crippen LogP) is 1.06. The third-order valence-corrected chi connectivity index (χ3v) is 3.12. The lowest BCUT2D eigenvalue weighted by Crippen LogP contribution is -2.38. The zero-order valence-corrected chi connectivity index (χ0v) is 10.4. The first-order valence-electron chi connectivity index (χ1n) is 5.92. The number of aliphatic hydroxyl groups excluding tert-OH is 1. The Morgan fingerprint density at radius 1 is 1.56 bits per heavy atom. The first-order chi connectivity index (χ1) is 7.34. The van der Waals surface area contributed by atoms with Gasteiger partial charge in [-0.1, -0.05) is 20.8 Å². The highest BCUT2D eigenvalue weighted by molar-refractivity contribution is 5.74. The maximum atomic E-state index is 11.4. The fourth-order valence-electron chi connectivity index (χ4n) is 2.69. The molecule has 0 radical (unpaired) electrons. The molecule has 2 unspecified atom stereocenters. The molecule has 4 heteroatoms. The molecule has 3 atom stereocenters. The topological polar surface area (TPSA) is 72.5 Å². The van der Waals surface area contributed by atoms with Crippen LogP contribution >= 0.6 is 0 Å². The second-order valence-corrected chi connectivity index (χ2v) is 5.72.